The Morgan fingerprint density at radius 2 is 2.00 bits per heavy atom. The fraction of sp³-hybridized carbons (Fsp3) is 0.833. The van der Waals surface area contributed by atoms with E-state index in [4.69, 9.17) is 0 Å². The van der Waals surface area contributed by atoms with Gasteiger partial charge in [0.25, 0.3) is 0 Å². The molecule has 1 heterocycles. The molecule has 96 valence electrons. The topological polar surface area (TPSA) is 69.6 Å². The SMILES string of the molecule is CCC1(C(=O)O)CCCN1C(=O)NC1(C)CC1. The molecule has 2 fully saturated rings. The van der Waals surface area contributed by atoms with Crippen LogP contribution in [0.1, 0.15) is 46.0 Å². The summed E-state index contributed by atoms with van der Waals surface area (Å²) in [7, 11) is 0. The molecule has 2 rings (SSSR count). The van der Waals surface area contributed by atoms with Gasteiger partial charge in [-0.15, -0.1) is 0 Å². The number of nitrogens with one attached hydrogen (secondary N) is 1. The molecule has 1 atom stereocenters. The molecular formula is C12H20N2O3. The zero-order valence-corrected chi connectivity index (χ0v) is 10.5. The van der Waals surface area contributed by atoms with Gasteiger partial charge in [-0.3, -0.25) is 0 Å². The van der Waals surface area contributed by atoms with Crippen LogP contribution in [0.2, 0.25) is 0 Å². The lowest BCUT2D eigenvalue weighted by molar-refractivity contribution is -0.148. The molecule has 5 nitrogen and oxygen atoms in total. The zero-order chi connectivity index (χ0) is 12.7. The van der Waals surface area contributed by atoms with Gasteiger partial charge in [0.1, 0.15) is 5.54 Å². The van der Waals surface area contributed by atoms with Crippen LogP contribution in [-0.2, 0) is 4.79 Å². The molecule has 1 saturated carbocycles. The highest BCUT2D eigenvalue weighted by Crippen LogP contribution is 2.37. The summed E-state index contributed by atoms with van der Waals surface area (Å²) in [5, 5.41) is 12.3. The third-order valence-corrected chi connectivity index (χ3v) is 4.13. The maximum atomic E-state index is 12.1. The van der Waals surface area contributed by atoms with Crippen molar-refractivity contribution >= 4 is 12.0 Å². The summed E-state index contributed by atoms with van der Waals surface area (Å²) in [5.74, 6) is -0.881. The molecule has 1 unspecified atom stereocenters. The van der Waals surface area contributed by atoms with Crippen LogP contribution in [0.4, 0.5) is 4.79 Å². The Morgan fingerprint density at radius 3 is 2.47 bits per heavy atom. The van der Waals surface area contributed by atoms with Gasteiger partial charge in [0, 0.05) is 12.1 Å². The molecule has 1 aliphatic heterocycles. The number of carbonyl (C=O) groups excluding carboxylic acids is 1. The largest absolute Gasteiger partial charge is 0.479 e. The number of hydrogen-bond donors (Lipinski definition) is 2. The number of carbonyl (C=O) groups is 2. The van der Waals surface area contributed by atoms with E-state index in [1.807, 2.05) is 13.8 Å². The molecule has 5 heteroatoms. The Hall–Kier alpha value is -1.26. The van der Waals surface area contributed by atoms with Crippen molar-refractivity contribution in [1.29, 1.82) is 0 Å². The highest BCUT2D eigenvalue weighted by molar-refractivity contribution is 5.87. The monoisotopic (exact) mass is 240 g/mol. The van der Waals surface area contributed by atoms with E-state index in [1.54, 1.807) is 0 Å². The molecule has 2 amide bonds. The molecule has 1 saturated heterocycles. The second-order valence-electron chi connectivity index (χ2n) is 5.44. The Kier molecular flexibility index (Phi) is 2.79. The van der Waals surface area contributed by atoms with Crippen LogP contribution in [0, 0.1) is 0 Å². The first-order valence-corrected chi connectivity index (χ1v) is 6.27. The van der Waals surface area contributed by atoms with E-state index in [0.29, 0.717) is 19.4 Å². The number of amides is 2. The number of urea groups is 1. The van der Waals surface area contributed by atoms with Crippen LogP contribution in [0.25, 0.3) is 0 Å². The van der Waals surface area contributed by atoms with Gasteiger partial charge in [-0.25, -0.2) is 9.59 Å². The normalized spacial score (nSPS) is 30.1. The summed E-state index contributed by atoms with van der Waals surface area (Å²) in [6.45, 7) is 4.37. The molecule has 2 N–H and O–H groups in total. The molecule has 17 heavy (non-hydrogen) atoms. The van der Waals surface area contributed by atoms with Gasteiger partial charge in [0.15, 0.2) is 0 Å². The number of carboxylic acids is 1. The van der Waals surface area contributed by atoms with Crippen molar-refractivity contribution in [3.63, 3.8) is 0 Å². The molecule has 0 bridgehead atoms. The minimum absolute atomic E-state index is 0.0995. The van der Waals surface area contributed by atoms with E-state index in [0.717, 1.165) is 19.3 Å². The number of nitrogens with zero attached hydrogens (tertiary/aromatic N) is 1. The minimum Gasteiger partial charge on any atom is -0.479 e. The number of hydrogen-bond acceptors (Lipinski definition) is 2. The fourth-order valence-electron chi connectivity index (χ4n) is 2.55. The molecule has 0 aromatic carbocycles. The number of rotatable bonds is 3. The second kappa shape index (κ2) is 3.89. The van der Waals surface area contributed by atoms with E-state index in [-0.39, 0.29) is 11.6 Å². The summed E-state index contributed by atoms with van der Waals surface area (Å²) in [6, 6.07) is -0.216. The van der Waals surface area contributed by atoms with Crippen molar-refractivity contribution in [3.8, 4) is 0 Å². The first-order valence-electron chi connectivity index (χ1n) is 6.27. The van der Waals surface area contributed by atoms with Crippen molar-refractivity contribution in [2.75, 3.05) is 6.54 Å². The fourth-order valence-corrected chi connectivity index (χ4v) is 2.55. The zero-order valence-electron chi connectivity index (χ0n) is 10.5. The standard InChI is InChI=1S/C12H20N2O3/c1-3-12(9(15)16)5-4-8-14(12)10(17)13-11(2)6-7-11/h3-8H2,1-2H3,(H,13,17)(H,15,16). The van der Waals surface area contributed by atoms with Gasteiger partial charge in [-0.05, 0) is 39.0 Å². The van der Waals surface area contributed by atoms with Crippen LogP contribution >= 0.6 is 0 Å². The molecule has 0 spiro atoms. The summed E-state index contributed by atoms with van der Waals surface area (Å²) >= 11 is 0. The Bertz CT molecular complexity index is 352. The van der Waals surface area contributed by atoms with Gasteiger partial charge < -0.3 is 15.3 Å². The summed E-state index contributed by atoms with van der Waals surface area (Å²) in [6.07, 6.45) is 3.76. The maximum Gasteiger partial charge on any atom is 0.329 e. The minimum atomic E-state index is -0.991. The smallest absolute Gasteiger partial charge is 0.329 e. The lowest BCUT2D eigenvalue weighted by Crippen LogP contribution is -2.57. The average Bonchev–Trinajstić information content (AvgIpc) is 2.84. The van der Waals surface area contributed by atoms with E-state index >= 15 is 0 Å². The summed E-state index contributed by atoms with van der Waals surface area (Å²) < 4.78 is 0. The van der Waals surface area contributed by atoms with Crippen molar-refractivity contribution < 1.29 is 14.7 Å². The van der Waals surface area contributed by atoms with Gasteiger partial charge >= 0.3 is 12.0 Å². The highest BCUT2D eigenvalue weighted by Gasteiger charge is 2.50. The van der Waals surface area contributed by atoms with Crippen LogP contribution in [0.3, 0.4) is 0 Å². The third-order valence-electron chi connectivity index (χ3n) is 4.13. The van der Waals surface area contributed by atoms with Crippen molar-refractivity contribution in [2.45, 2.75) is 57.0 Å². The Labute approximate surface area is 101 Å². The lowest BCUT2D eigenvalue weighted by atomic mass is 9.93. The number of carboxylic acid groups (broad SMARTS) is 1. The van der Waals surface area contributed by atoms with Crippen LogP contribution in [0.5, 0.6) is 0 Å². The second-order valence-corrected chi connectivity index (χ2v) is 5.44. The Morgan fingerprint density at radius 1 is 1.35 bits per heavy atom. The number of likely N-dealkylation sites (tertiary alicyclic amines) is 1. The van der Waals surface area contributed by atoms with E-state index in [2.05, 4.69) is 5.32 Å². The first kappa shape index (κ1) is 12.2. The first-order chi connectivity index (χ1) is 7.93. The molecule has 0 radical (unpaired) electrons. The summed E-state index contributed by atoms with van der Waals surface area (Å²) in [5.41, 5.74) is -1.09. The van der Waals surface area contributed by atoms with Crippen LogP contribution in [0.15, 0.2) is 0 Å². The molecule has 2 aliphatic rings. The van der Waals surface area contributed by atoms with Crippen molar-refractivity contribution in [3.05, 3.63) is 0 Å². The van der Waals surface area contributed by atoms with Crippen LogP contribution in [-0.4, -0.2) is 39.6 Å². The molecule has 0 aromatic rings. The van der Waals surface area contributed by atoms with Crippen molar-refractivity contribution in [2.24, 2.45) is 0 Å². The summed E-state index contributed by atoms with van der Waals surface area (Å²) in [4.78, 5) is 25.1. The van der Waals surface area contributed by atoms with E-state index in [9.17, 15) is 14.7 Å². The highest BCUT2D eigenvalue weighted by atomic mass is 16.4. The molecule has 0 aromatic heterocycles. The lowest BCUT2D eigenvalue weighted by Gasteiger charge is -2.34. The van der Waals surface area contributed by atoms with E-state index < -0.39 is 11.5 Å². The Balaban J connectivity index is 2.13. The quantitative estimate of drug-likeness (QED) is 0.786. The van der Waals surface area contributed by atoms with Crippen molar-refractivity contribution in [1.82, 2.24) is 10.2 Å². The molecular weight excluding hydrogens is 220 g/mol. The van der Waals surface area contributed by atoms with Gasteiger partial charge in [0.05, 0.1) is 0 Å². The maximum absolute atomic E-state index is 12.1. The van der Waals surface area contributed by atoms with Crippen LogP contribution < -0.4 is 5.32 Å². The number of aliphatic carboxylic acids is 1. The van der Waals surface area contributed by atoms with Gasteiger partial charge in [-0.1, -0.05) is 6.92 Å². The average molecular weight is 240 g/mol. The molecule has 1 aliphatic carbocycles. The third kappa shape index (κ3) is 1.98. The predicted octanol–water partition coefficient (Wildman–Crippen LogP) is 1.58. The van der Waals surface area contributed by atoms with Gasteiger partial charge in [-0.2, -0.15) is 0 Å². The van der Waals surface area contributed by atoms with Gasteiger partial charge in [0.2, 0.25) is 0 Å². The predicted molar refractivity (Wildman–Crippen MR) is 62.8 cm³/mol. The van der Waals surface area contributed by atoms with E-state index in [1.165, 1.54) is 4.90 Å².